The van der Waals surface area contributed by atoms with Gasteiger partial charge in [-0.1, -0.05) is 24.3 Å². The van der Waals surface area contributed by atoms with Crippen LogP contribution >= 0.6 is 0 Å². The second kappa shape index (κ2) is 7.48. The molecular weight excluding hydrogens is 206 g/mol. The van der Waals surface area contributed by atoms with Crippen LogP contribution in [0.5, 0.6) is 0 Å². The van der Waals surface area contributed by atoms with Crippen LogP contribution in [0.2, 0.25) is 0 Å². The molecule has 4 heteroatoms. The number of rotatable bonds is 3. The molecule has 4 nitrogen and oxygen atoms in total. The quantitative estimate of drug-likeness (QED) is 0.624. The Bertz CT molecular complexity index is 353. The third-order valence-corrected chi connectivity index (χ3v) is 1.79. The molecular formula is C12H15NO3. The van der Waals surface area contributed by atoms with Gasteiger partial charge in [-0.3, -0.25) is 14.6 Å². The lowest BCUT2D eigenvalue weighted by Gasteiger charge is -2.00. The molecule has 0 unspecified atom stereocenters. The molecule has 0 aliphatic carbocycles. The van der Waals surface area contributed by atoms with Gasteiger partial charge in [-0.15, -0.1) is 0 Å². The lowest BCUT2D eigenvalue weighted by molar-refractivity contribution is 0.0981. The molecule has 0 spiro atoms. The van der Waals surface area contributed by atoms with E-state index in [-0.39, 0.29) is 18.3 Å². The molecule has 0 bridgehead atoms. The Labute approximate surface area is 94.6 Å². The fraction of sp³-hybridized carbons (Fsp3) is 0.250. The number of benzene rings is 1. The van der Waals surface area contributed by atoms with Gasteiger partial charge in [-0.05, 0) is 20.6 Å². The van der Waals surface area contributed by atoms with E-state index in [1.165, 1.54) is 13.8 Å². The first-order valence-corrected chi connectivity index (χ1v) is 4.68. The molecule has 0 amide bonds. The number of carbonyl (C=O) groups excluding carboxylic acids is 2. The molecule has 1 aromatic carbocycles. The molecule has 1 aromatic rings. The van der Waals surface area contributed by atoms with Crippen LogP contribution < -0.4 is 0 Å². The van der Waals surface area contributed by atoms with Crippen LogP contribution in [0.15, 0.2) is 29.3 Å². The summed E-state index contributed by atoms with van der Waals surface area (Å²) in [5, 5.41) is 7.65. The van der Waals surface area contributed by atoms with Crippen molar-refractivity contribution in [1.29, 1.82) is 0 Å². The highest BCUT2D eigenvalue weighted by molar-refractivity contribution is 6.07. The maximum Gasteiger partial charge on any atom is 0.160 e. The Hall–Kier alpha value is -1.81. The van der Waals surface area contributed by atoms with Crippen LogP contribution in [0.1, 0.15) is 34.6 Å². The van der Waals surface area contributed by atoms with Crippen molar-refractivity contribution in [1.82, 2.24) is 0 Å². The summed E-state index contributed by atoms with van der Waals surface area (Å²) in [6, 6.07) is 6.84. The fourth-order valence-corrected chi connectivity index (χ4v) is 1.10. The average Bonchev–Trinajstić information content (AvgIpc) is 2.29. The van der Waals surface area contributed by atoms with Crippen molar-refractivity contribution in [2.45, 2.75) is 13.8 Å². The number of hydrogen-bond acceptors (Lipinski definition) is 4. The van der Waals surface area contributed by atoms with Crippen molar-refractivity contribution in [2.75, 3.05) is 6.73 Å². The van der Waals surface area contributed by atoms with E-state index in [1.807, 2.05) is 0 Å². The van der Waals surface area contributed by atoms with Crippen LogP contribution in [-0.4, -0.2) is 30.1 Å². The third-order valence-electron chi connectivity index (χ3n) is 1.79. The van der Waals surface area contributed by atoms with Gasteiger partial charge in [-0.25, -0.2) is 0 Å². The van der Waals surface area contributed by atoms with Crippen molar-refractivity contribution < 1.29 is 14.7 Å². The molecule has 0 saturated carbocycles. The van der Waals surface area contributed by atoms with E-state index >= 15 is 0 Å². The Morgan fingerprint density at radius 3 is 1.69 bits per heavy atom. The summed E-state index contributed by atoms with van der Waals surface area (Å²) in [5.74, 6) is -0.137. The van der Waals surface area contributed by atoms with E-state index in [0.29, 0.717) is 11.1 Å². The Balaban J connectivity index is 0.000000487. The van der Waals surface area contributed by atoms with Crippen LogP contribution in [-0.2, 0) is 0 Å². The molecule has 0 aliphatic heterocycles. The minimum atomic E-state index is -0.167. The standard InChI is InChI=1S/C10H10O2.C2H5NO/c1-7(11)9-5-3-4-6-10(9)8(2)12;1-3-2-4/h3-6H,1-2H3;4H,1-2H2. The van der Waals surface area contributed by atoms with E-state index in [0.717, 1.165) is 0 Å². The number of nitrogens with zero attached hydrogens (tertiary/aromatic N) is 1. The summed E-state index contributed by atoms with van der Waals surface area (Å²) in [6.45, 7) is 5.73. The molecule has 86 valence electrons. The topological polar surface area (TPSA) is 66.7 Å². The predicted molar refractivity (Wildman–Crippen MR) is 63.1 cm³/mol. The first-order valence-electron chi connectivity index (χ1n) is 4.68. The SMILES string of the molecule is C=NCO.CC(=O)c1ccccc1C(C)=O. The molecule has 0 fully saturated rings. The molecule has 0 aromatic heterocycles. The summed E-state index contributed by atoms with van der Waals surface area (Å²) in [6.07, 6.45) is 0. The first kappa shape index (κ1) is 14.2. The second-order valence-electron chi connectivity index (χ2n) is 3.02. The average molecular weight is 221 g/mol. The Morgan fingerprint density at radius 2 is 1.50 bits per heavy atom. The molecule has 16 heavy (non-hydrogen) atoms. The number of Topliss-reactive ketones (excluding diaryl/α,β-unsaturated/α-hetero) is 2. The second-order valence-corrected chi connectivity index (χ2v) is 3.02. The number of aliphatic hydroxyl groups excluding tert-OH is 1. The van der Waals surface area contributed by atoms with Gasteiger partial charge in [0.25, 0.3) is 0 Å². The fourth-order valence-electron chi connectivity index (χ4n) is 1.10. The van der Waals surface area contributed by atoms with Crippen molar-refractivity contribution in [3.8, 4) is 0 Å². The van der Waals surface area contributed by atoms with Gasteiger partial charge in [0.15, 0.2) is 11.6 Å². The van der Waals surface area contributed by atoms with Gasteiger partial charge in [0.05, 0.1) is 0 Å². The lowest BCUT2D eigenvalue weighted by Crippen LogP contribution is -2.02. The van der Waals surface area contributed by atoms with Crippen molar-refractivity contribution in [2.24, 2.45) is 4.99 Å². The normalized spacial score (nSPS) is 8.69. The van der Waals surface area contributed by atoms with Gasteiger partial charge in [0, 0.05) is 11.1 Å². The minimum Gasteiger partial charge on any atom is -0.375 e. The summed E-state index contributed by atoms with van der Waals surface area (Å²) in [7, 11) is 0. The summed E-state index contributed by atoms with van der Waals surface area (Å²) in [4.78, 5) is 25.1. The molecule has 0 aliphatic rings. The molecule has 0 heterocycles. The van der Waals surface area contributed by atoms with Crippen molar-refractivity contribution >= 4 is 18.3 Å². The van der Waals surface area contributed by atoms with Crippen LogP contribution in [0.25, 0.3) is 0 Å². The number of ketones is 2. The summed E-state index contributed by atoms with van der Waals surface area (Å²) in [5.41, 5.74) is 1.01. The van der Waals surface area contributed by atoms with E-state index in [2.05, 4.69) is 11.7 Å². The van der Waals surface area contributed by atoms with Crippen LogP contribution in [0.4, 0.5) is 0 Å². The maximum atomic E-state index is 11.0. The van der Waals surface area contributed by atoms with Gasteiger partial charge in [-0.2, -0.15) is 0 Å². The van der Waals surface area contributed by atoms with Crippen molar-refractivity contribution in [3.05, 3.63) is 35.4 Å². The monoisotopic (exact) mass is 221 g/mol. The molecule has 0 atom stereocenters. The number of carbonyl (C=O) groups is 2. The van der Waals surface area contributed by atoms with Gasteiger partial charge >= 0.3 is 0 Å². The molecule has 1 rings (SSSR count). The van der Waals surface area contributed by atoms with Gasteiger partial charge < -0.3 is 5.11 Å². The highest BCUT2D eigenvalue weighted by atomic mass is 16.3. The lowest BCUT2D eigenvalue weighted by atomic mass is 10.0. The van der Waals surface area contributed by atoms with Gasteiger partial charge in [0.2, 0.25) is 0 Å². The number of aliphatic imine (C=N–C) groups is 1. The summed E-state index contributed by atoms with van der Waals surface area (Å²) < 4.78 is 0. The third kappa shape index (κ3) is 4.61. The molecule has 0 radical (unpaired) electrons. The highest BCUT2D eigenvalue weighted by Crippen LogP contribution is 2.09. The van der Waals surface area contributed by atoms with Crippen molar-refractivity contribution in [3.63, 3.8) is 0 Å². The predicted octanol–water partition coefficient (Wildman–Crippen LogP) is 1.73. The number of hydrogen-bond donors (Lipinski definition) is 1. The largest absolute Gasteiger partial charge is 0.375 e. The van der Waals surface area contributed by atoms with E-state index in [4.69, 9.17) is 5.11 Å². The molecule has 1 N–H and O–H groups in total. The first-order chi connectivity index (χ1) is 7.54. The number of aliphatic hydroxyl groups is 1. The highest BCUT2D eigenvalue weighted by Gasteiger charge is 2.08. The molecule has 0 saturated heterocycles. The van der Waals surface area contributed by atoms with E-state index in [9.17, 15) is 9.59 Å². The van der Waals surface area contributed by atoms with Crippen LogP contribution in [0.3, 0.4) is 0 Å². The maximum absolute atomic E-state index is 11.0. The minimum absolute atomic E-state index is 0.0687. The zero-order valence-electron chi connectivity index (χ0n) is 9.43. The van der Waals surface area contributed by atoms with Gasteiger partial charge in [0.1, 0.15) is 6.73 Å². The summed E-state index contributed by atoms with van der Waals surface area (Å²) >= 11 is 0. The van der Waals surface area contributed by atoms with E-state index in [1.54, 1.807) is 24.3 Å². The zero-order valence-corrected chi connectivity index (χ0v) is 9.43. The smallest absolute Gasteiger partial charge is 0.160 e. The van der Waals surface area contributed by atoms with Crippen LogP contribution in [0, 0.1) is 0 Å². The Morgan fingerprint density at radius 1 is 1.19 bits per heavy atom. The Kier molecular flexibility index (Phi) is 6.63. The van der Waals surface area contributed by atoms with E-state index < -0.39 is 0 Å². The zero-order chi connectivity index (χ0) is 12.6.